The second kappa shape index (κ2) is 5.13. The van der Waals surface area contributed by atoms with E-state index in [1.165, 1.54) is 10.4 Å². The number of carbonyl (C=O) groups excluding carboxylic acids is 2. The topological polar surface area (TPSA) is 40.6 Å². The Bertz CT molecular complexity index is 579. The molecule has 2 amide bonds. The monoisotopic (exact) mass is 304 g/mol. The molecule has 0 aromatic carbocycles. The summed E-state index contributed by atoms with van der Waals surface area (Å²) in [5, 5.41) is 2.11. The van der Waals surface area contributed by atoms with Gasteiger partial charge < -0.3 is 9.80 Å². The first-order valence-electron chi connectivity index (χ1n) is 7.88. The molecule has 0 N–H and O–H groups in total. The van der Waals surface area contributed by atoms with Crippen molar-refractivity contribution >= 4 is 23.2 Å². The van der Waals surface area contributed by atoms with Gasteiger partial charge in [-0.05, 0) is 49.1 Å². The van der Waals surface area contributed by atoms with Crippen molar-refractivity contribution in [2.24, 2.45) is 5.92 Å². The van der Waals surface area contributed by atoms with Crippen LogP contribution in [0.3, 0.4) is 0 Å². The van der Waals surface area contributed by atoms with E-state index < -0.39 is 0 Å². The molecular weight excluding hydrogens is 284 g/mol. The Morgan fingerprint density at radius 1 is 1.14 bits per heavy atom. The summed E-state index contributed by atoms with van der Waals surface area (Å²) in [4.78, 5) is 30.4. The fourth-order valence-corrected chi connectivity index (χ4v) is 4.39. The zero-order valence-electron chi connectivity index (χ0n) is 12.1. The number of hydrogen-bond acceptors (Lipinski definition) is 3. The van der Waals surface area contributed by atoms with Gasteiger partial charge in [0.15, 0.2) is 0 Å². The summed E-state index contributed by atoms with van der Waals surface area (Å²) in [6, 6.07) is 1.93. The number of nitrogens with zero attached hydrogens (tertiary/aromatic N) is 2. The maximum absolute atomic E-state index is 12.8. The third kappa shape index (κ3) is 2.37. The molecule has 0 radical (unpaired) electrons. The first-order valence-corrected chi connectivity index (χ1v) is 8.76. The van der Waals surface area contributed by atoms with Crippen LogP contribution in [-0.4, -0.2) is 40.7 Å². The molecule has 1 aliphatic carbocycles. The van der Waals surface area contributed by atoms with Crippen molar-refractivity contribution in [2.45, 2.75) is 44.7 Å². The fourth-order valence-electron chi connectivity index (χ4n) is 3.50. The lowest BCUT2D eigenvalue weighted by atomic mass is 10.1. The molecule has 0 spiro atoms. The van der Waals surface area contributed by atoms with Crippen molar-refractivity contribution in [1.82, 2.24) is 9.80 Å². The second-order valence-corrected chi connectivity index (χ2v) is 7.34. The van der Waals surface area contributed by atoms with Crippen molar-refractivity contribution < 1.29 is 9.59 Å². The minimum atomic E-state index is -0.196. The molecule has 3 heterocycles. The van der Waals surface area contributed by atoms with Gasteiger partial charge in [0, 0.05) is 30.4 Å². The van der Waals surface area contributed by atoms with Crippen LogP contribution in [0.2, 0.25) is 0 Å². The van der Waals surface area contributed by atoms with E-state index in [9.17, 15) is 9.59 Å². The van der Waals surface area contributed by atoms with Crippen LogP contribution in [-0.2, 0) is 22.6 Å². The Morgan fingerprint density at radius 2 is 2.00 bits per heavy atom. The number of hydrogen-bond donors (Lipinski definition) is 0. The first kappa shape index (κ1) is 13.3. The molecule has 21 heavy (non-hydrogen) atoms. The normalized spacial score (nSPS) is 25.0. The molecule has 4 nitrogen and oxygen atoms in total. The Morgan fingerprint density at radius 3 is 2.81 bits per heavy atom. The third-order valence-corrected chi connectivity index (χ3v) is 5.89. The van der Waals surface area contributed by atoms with Crippen molar-refractivity contribution in [2.75, 3.05) is 13.1 Å². The van der Waals surface area contributed by atoms with Gasteiger partial charge >= 0.3 is 0 Å². The molecule has 1 aromatic rings. The molecule has 1 atom stereocenters. The average molecular weight is 304 g/mol. The maximum atomic E-state index is 12.8. The van der Waals surface area contributed by atoms with E-state index in [-0.39, 0.29) is 23.8 Å². The number of carbonyl (C=O) groups is 2. The van der Waals surface area contributed by atoms with Crippen LogP contribution in [0.4, 0.5) is 0 Å². The van der Waals surface area contributed by atoms with Crippen LogP contribution in [0.1, 0.15) is 36.1 Å². The van der Waals surface area contributed by atoms with Crippen LogP contribution < -0.4 is 0 Å². The average Bonchev–Trinajstić information content (AvgIpc) is 3.06. The Kier molecular flexibility index (Phi) is 3.25. The summed E-state index contributed by atoms with van der Waals surface area (Å²) in [6.45, 7) is 2.29. The molecule has 3 aliphatic rings. The highest BCUT2D eigenvalue weighted by molar-refractivity contribution is 7.10. The summed E-state index contributed by atoms with van der Waals surface area (Å²) in [7, 11) is 0. The molecule has 112 valence electrons. The summed E-state index contributed by atoms with van der Waals surface area (Å²) in [6.07, 6.45) is 4.79. The number of amides is 2. The molecule has 2 aliphatic heterocycles. The highest BCUT2D eigenvalue weighted by Crippen LogP contribution is 2.34. The summed E-state index contributed by atoms with van der Waals surface area (Å²) < 4.78 is 0. The smallest absolute Gasteiger partial charge is 0.245 e. The molecular formula is C16H20N2O2S. The second-order valence-electron chi connectivity index (χ2n) is 6.34. The molecule has 0 bridgehead atoms. The molecule has 1 unspecified atom stereocenters. The predicted octanol–water partition coefficient (Wildman–Crippen LogP) is 2.03. The summed E-state index contributed by atoms with van der Waals surface area (Å²) >= 11 is 1.79. The first-order chi connectivity index (χ1) is 10.2. The van der Waals surface area contributed by atoms with E-state index in [4.69, 9.17) is 0 Å². The van der Waals surface area contributed by atoms with Crippen LogP contribution in [0, 0.1) is 5.92 Å². The van der Waals surface area contributed by atoms with Gasteiger partial charge in [-0.2, -0.15) is 0 Å². The summed E-state index contributed by atoms with van der Waals surface area (Å²) in [5.41, 5.74) is 1.29. The number of rotatable bonds is 2. The lowest BCUT2D eigenvalue weighted by Crippen LogP contribution is -2.49. The highest BCUT2D eigenvalue weighted by Gasteiger charge is 2.42. The van der Waals surface area contributed by atoms with Crippen LogP contribution >= 0.6 is 11.3 Å². The zero-order valence-corrected chi connectivity index (χ0v) is 12.9. The lowest BCUT2D eigenvalue weighted by Gasteiger charge is -2.32. The minimum absolute atomic E-state index is 0.165. The van der Waals surface area contributed by atoms with E-state index >= 15 is 0 Å². The molecule has 4 rings (SSSR count). The third-order valence-electron chi connectivity index (χ3n) is 4.87. The minimum Gasteiger partial charge on any atom is -0.336 e. The van der Waals surface area contributed by atoms with Crippen molar-refractivity contribution in [3.05, 3.63) is 21.9 Å². The van der Waals surface area contributed by atoms with Crippen molar-refractivity contribution in [3.63, 3.8) is 0 Å². The quantitative estimate of drug-likeness (QED) is 0.839. The van der Waals surface area contributed by atoms with Crippen molar-refractivity contribution in [1.29, 1.82) is 0 Å². The SMILES string of the molecule is O=C(C1CCCN1C(=O)C1CC1)N1CCc2sccc2C1. The standard InChI is InChI=1S/C16H20N2O2S/c19-15(11-3-4-11)18-7-1-2-13(18)16(20)17-8-5-14-12(10-17)6-9-21-14/h6,9,11,13H,1-5,7-8,10H2. The Hall–Kier alpha value is -1.36. The molecule has 2 fully saturated rings. The molecule has 1 aromatic heterocycles. The molecule has 1 saturated carbocycles. The molecule has 5 heteroatoms. The van der Waals surface area contributed by atoms with Gasteiger partial charge in [0.2, 0.25) is 11.8 Å². The van der Waals surface area contributed by atoms with Crippen LogP contribution in [0.15, 0.2) is 11.4 Å². The Labute approximate surface area is 128 Å². The van der Waals surface area contributed by atoms with Crippen molar-refractivity contribution in [3.8, 4) is 0 Å². The highest BCUT2D eigenvalue weighted by atomic mass is 32.1. The largest absolute Gasteiger partial charge is 0.336 e. The Balaban J connectivity index is 1.48. The van der Waals surface area contributed by atoms with Gasteiger partial charge in [0.1, 0.15) is 6.04 Å². The number of likely N-dealkylation sites (tertiary alicyclic amines) is 1. The van der Waals surface area contributed by atoms with Gasteiger partial charge in [-0.25, -0.2) is 0 Å². The van der Waals surface area contributed by atoms with E-state index in [2.05, 4.69) is 11.4 Å². The molecule has 1 saturated heterocycles. The van der Waals surface area contributed by atoms with Gasteiger partial charge in [0.25, 0.3) is 0 Å². The van der Waals surface area contributed by atoms with Crippen LogP contribution in [0.25, 0.3) is 0 Å². The maximum Gasteiger partial charge on any atom is 0.245 e. The van der Waals surface area contributed by atoms with E-state index in [0.717, 1.165) is 51.7 Å². The van der Waals surface area contributed by atoms with E-state index in [0.29, 0.717) is 0 Å². The fraction of sp³-hybridized carbons (Fsp3) is 0.625. The van der Waals surface area contributed by atoms with Gasteiger partial charge in [-0.3, -0.25) is 9.59 Å². The van der Waals surface area contributed by atoms with E-state index in [1.807, 2.05) is 9.80 Å². The predicted molar refractivity (Wildman–Crippen MR) is 80.9 cm³/mol. The number of fused-ring (bicyclic) bond motifs is 1. The summed E-state index contributed by atoms with van der Waals surface area (Å²) in [5.74, 6) is 0.598. The number of thiophene rings is 1. The van der Waals surface area contributed by atoms with Crippen LogP contribution in [0.5, 0.6) is 0 Å². The van der Waals surface area contributed by atoms with Gasteiger partial charge in [-0.15, -0.1) is 11.3 Å². The van der Waals surface area contributed by atoms with Gasteiger partial charge in [0.05, 0.1) is 0 Å². The van der Waals surface area contributed by atoms with Gasteiger partial charge in [-0.1, -0.05) is 0 Å². The van der Waals surface area contributed by atoms with E-state index in [1.54, 1.807) is 11.3 Å². The lowest BCUT2D eigenvalue weighted by molar-refractivity contribution is -0.145. The zero-order chi connectivity index (χ0) is 14.4.